The Morgan fingerprint density at radius 2 is 2.43 bits per heavy atom. The molecule has 1 heterocycles. The molecule has 1 aliphatic heterocycles. The van der Waals surface area contributed by atoms with Crippen LogP contribution in [-0.4, -0.2) is 30.0 Å². The second kappa shape index (κ2) is 3.43. The summed E-state index contributed by atoms with van der Waals surface area (Å²) in [5.41, 5.74) is 5.65. The largest absolute Gasteiger partial charge is 0.464 e. The summed E-state index contributed by atoms with van der Waals surface area (Å²) >= 11 is 0. The van der Waals surface area contributed by atoms with E-state index in [2.05, 4.69) is 0 Å². The predicted molar refractivity (Wildman–Crippen MR) is 46.8 cm³/mol. The summed E-state index contributed by atoms with van der Waals surface area (Å²) in [6.07, 6.45) is 2.80. The average Bonchev–Trinajstić information content (AvgIpc) is 2.58. The SMILES string of the molecule is NC(=O)C1=CC=C2OC(CO)OC2C1. The number of rotatable bonds is 2. The lowest BCUT2D eigenvalue weighted by Crippen LogP contribution is -2.22. The summed E-state index contributed by atoms with van der Waals surface area (Å²) in [7, 11) is 0. The maximum Gasteiger partial charge on any atom is 0.244 e. The Hall–Kier alpha value is -1.33. The minimum absolute atomic E-state index is 0.195. The summed E-state index contributed by atoms with van der Waals surface area (Å²) in [5.74, 6) is 0.199. The van der Waals surface area contributed by atoms with Gasteiger partial charge in [0.05, 0.1) is 0 Å². The van der Waals surface area contributed by atoms with Gasteiger partial charge in [0.2, 0.25) is 12.2 Å². The maximum atomic E-state index is 10.9. The van der Waals surface area contributed by atoms with E-state index in [0.29, 0.717) is 17.8 Å². The van der Waals surface area contributed by atoms with E-state index >= 15 is 0 Å². The Kier molecular flexibility index (Phi) is 2.26. The fourth-order valence-electron chi connectivity index (χ4n) is 1.51. The first-order valence-corrected chi connectivity index (χ1v) is 4.34. The first-order chi connectivity index (χ1) is 6.70. The number of nitrogens with two attached hydrogens (primary N) is 1. The highest BCUT2D eigenvalue weighted by Crippen LogP contribution is 2.30. The van der Waals surface area contributed by atoms with Crippen molar-refractivity contribution in [2.45, 2.75) is 18.8 Å². The van der Waals surface area contributed by atoms with Crippen LogP contribution in [0.25, 0.3) is 0 Å². The van der Waals surface area contributed by atoms with Crippen molar-refractivity contribution in [3.8, 4) is 0 Å². The van der Waals surface area contributed by atoms with E-state index in [1.807, 2.05) is 0 Å². The number of hydrogen-bond acceptors (Lipinski definition) is 4. The van der Waals surface area contributed by atoms with Crippen molar-refractivity contribution in [3.63, 3.8) is 0 Å². The van der Waals surface area contributed by atoms with Gasteiger partial charge in [-0.2, -0.15) is 0 Å². The molecular weight excluding hydrogens is 186 g/mol. The van der Waals surface area contributed by atoms with Crippen molar-refractivity contribution < 1.29 is 19.4 Å². The molecule has 2 rings (SSSR count). The molecule has 0 aromatic carbocycles. The van der Waals surface area contributed by atoms with Crippen molar-refractivity contribution in [1.29, 1.82) is 0 Å². The number of carbonyl (C=O) groups excluding carboxylic acids is 1. The molecule has 5 nitrogen and oxygen atoms in total. The van der Waals surface area contributed by atoms with Gasteiger partial charge >= 0.3 is 0 Å². The van der Waals surface area contributed by atoms with Crippen LogP contribution in [0, 0.1) is 0 Å². The van der Waals surface area contributed by atoms with Crippen LogP contribution < -0.4 is 5.73 Å². The van der Waals surface area contributed by atoms with Gasteiger partial charge in [-0.3, -0.25) is 4.79 Å². The van der Waals surface area contributed by atoms with Gasteiger partial charge in [-0.25, -0.2) is 0 Å². The van der Waals surface area contributed by atoms with Crippen molar-refractivity contribution in [3.05, 3.63) is 23.5 Å². The third-order valence-electron chi connectivity index (χ3n) is 2.22. The Morgan fingerprint density at radius 3 is 3.07 bits per heavy atom. The fourth-order valence-corrected chi connectivity index (χ4v) is 1.51. The van der Waals surface area contributed by atoms with E-state index < -0.39 is 12.2 Å². The van der Waals surface area contributed by atoms with E-state index in [-0.39, 0.29) is 12.7 Å². The van der Waals surface area contributed by atoms with Crippen LogP contribution >= 0.6 is 0 Å². The summed E-state index contributed by atoms with van der Waals surface area (Å²) < 4.78 is 10.5. The van der Waals surface area contributed by atoms with Crippen LogP contribution in [0.1, 0.15) is 6.42 Å². The van der Waals surface area contributed by atoms with Crippen molar-refractivity contribution in [1.82, 2.24) is 0 Å². The van der Waals surface area contributed by atoms with E-state index in [1.54, 1.807) is 12.2 Å². The van der Waals surface area contributed by atoms with Crippen molar-refractivity contribution in [2.75, 3.05) is 6.61 Å². The van der Waals surface area contributed by atoms with E-state index in [9.17, 15) is 4.79 Å². The van der Waals surface area contributed by atoms with Crippen LogP contribution in [0.4, 0.5) is 0 Å². The zero-order chi connectivity index (χ0) is 10.1. The number of carbonyl (C=O) groups is 1. The molecule has 14 heavy (non-hydrogen) atoms. The van der Waals surface area contributed by atoms with Gasteiger partial charge in [0.25, 0.3) is 0 Å². The summed E-state index contributed by atoms with van der Waals surface area (Å²) in [6.45, 7) is -0.195. The molecule has 3 N–H and O–H groups in total. The Balaban J connectivity index is 2.11. The summed E-state index contributed by atoms with van der Waals surface area (Å²) in [5, 5.41) is 8.80. The van der Waals surface area contributed by atoms with Gasteiger partial charge in [0, 0.05) is 12.0 Å². The third-order valence-corrected chi connectivity index (χ3v) is 2.22. The smallest absolute Gasteiger partial charge is 0.244 e. The number of fused-ring (bicyclic) bond motifs is 1. The summed E-state index contributed by atoms with van der Waals surface area (Å²) in [4.78, 5) is 10.9. The highest BCUT2D eigenvalue weighted by molar-refractivity contribution is 5.92. The molecule has 1 amide bonds. The van der Waals surface area contributed by atoms with Gasteiger partial charge in [-0.15, -0.1) is 0 Å². The maximum absolute atomic E-state index is 10.9. The van der Waals surface area contributed by atoms with Gasteiger partial charge < -0.3 is 20.3 Å². The molecule has 0 aromatic rings. The first kappa shape index (κ1) is 9.23. The molecule has 5 heteroatoms. The Labute approximate surface area is 80.8 Å². The quantitative estimate of drug-likeness (QED) is 0.620. The zero-order valence-corrected chi connectivity index (χ0v) is 7.47. The molecule has 2 aliphatic rings. The number of hydrogen-bond donors (Lipinski definition) is 2. The number of primary amides is 1. The highest BCUT2D eigenvalue weighted by atomic mass is 16.7. The van der Waals surface area contributed by atoms with E-state index in [4.69, 9.17) is 20.3 Å². The molecule has 1 fully saturated rings. The lowest BCUT2D eigenvalue weighted by atomic mass is 10.0. The number of ether oxygens (including phenoxy) is 2. The molecule has 76 valence electrons. The number of allylic oxidation sites excluding steroid dienone is 2. The second-order valence-electron chi connectivity index (χ2n) is 3.18. The molecular formula is C9H11NO4. The van der Waals surface area contributed by atoms with Crippen LogP contribution in [-0.2, 0) is 14.3 Å². The van der Waals surface area contributed by atoms with Gasteiger partial charge in [0.1, 0.15) is 18.5 Å². The fraction of sp³-hybridized carbons (Fsp3) is 0.444. The molecule has 0 aromatic heterocycles. The lowest BCUT2D eigenvalue weighted by Gasteiger charge is -2.13. The van der Waals surface area contributed by atoms with E-state index in [1.165, 1.54) is 0 Å². The molecule has 1 saturated heterocycles. The topological polar surface area (TPSA) is 81.8 Å². The highest BCUT2D eigenvalue weighted by Gasteiger charge is 2.34. The second-order valence-corrected chi connectivity index (χ2v) is 3.18. The van der Waals surface area contributed by atoms with E-state index in [0.717, 1.165) is 0 Å². The minimum Gasteiger partial charge on any atom is -0.464 e. The molecule has 0 saturated carbocycles. The normalized spacial score (nSPS) is 30.1. The third kappa shape index (κ3) is 1.51. The number of amides is 1. The first-order valence-electron chi connectivity index (χ1n) is 4.34. The summed E-state index contributed by atoms with van der Waals surface area (Å²) in [6, 6.07) is 0. The lowest BCUT2D eigenvalue weighted by molar-refractivity contribution is -0.115. The van der Waals surface area contributed by atoms with Gasteiger partial charge in [0.15, 0.2) is 0 Å². The molecule has 2 unspecified atom stereocenters. The Bertz CT molecular complexity index is 321. The van der Waals surface area contributed by atoms with Crippen LogP contribution in [0.15, 0.2) is 23.5 Å². The predicted octanol–water partition coefficient (Wildman–Crippen LogP) is -0.581. The van der Waals surface area contributed by atoms with Crippen LogP contribution in [0.2, 0.25) is 0 Å². The molecule has 0 spiro atoms. The van der Waals surface area contributed by atoms with Crippen molar-refractivity contribution >= 4 is 5.91 Å². The number of aliphatic hydroxyl groups is 1. The molecule has 0 radical (unpaired) electrons. The van der Waals surface area contributed by atoms with Crippen LogP contribution in [0.5, 0.6) is 0 Å². The molecule has 2 atom stereocenters. The van der Waals surface area contributed by atoms with Gasteiger partial charge in [-0.1, -0.05) is 6.08 Å². The monoisotopic (exact) mass is 197 g/mol. The average molecular weight is 197 g/mol. The zero-order valence-electron chi connectivity index (χ0n) is 7.47. The number of aliphatic hydroxyl groups excluding tert-OH is 1. The Morgan fingerprint density at radius 1 is 1.64 bits per heavy atom. The van der Waals surface area contributed by atoms with Gasteiger partial charge in [-0.05, 0) is 6.08 Å². The van der Waals surface area contributed by atoms with Crippen LogP contribution in [0.3, 0.4) is 0 Å². The van der Waals surface area contributed by atoms with Crippen molar-refractivity contribution in [2.24, 2.45) is 5.73 Å². The standard InChI is InChI=1S/C9H11NO4/c10-9(12)5-1-2-6-7(3-5)14-8(4-11)13-6/h1-2,7-8,11H,3-4H2,(H2,10,12). The molecule has 1 aliphatic carbocycles. The minimum atomic E-state index is -0.619. The molecule has 0 bridgehead atoms.